The summed E-state index contributed by atoms with van der Waals surface area (Å²) in [7, 11) is 2.12. The molecule has 0 unspecified atom stereocenters. The molecule has 108 valence electrons. The van der Waals surface area contributed by atoms with E-state index >= 15 is 0 Å². The molecule has 1 N–H and O–H groups in total. The van der Waals surface area contributed by atoms with Crippen molar-refractivity contribution in [3.05, 3.63) is 23.4 Å². The Hall–Kier alpha value is -1.09. The summed E-state index contributed by atoms with van der Waals surface area (Å²) in [6, 6.07) is 4.32. The molecule has 3 nitrogen and oxygen atoms in total. The third-order valence-corrected chi connectivity index (χ3v) is 3.23. The summed E-state index contributed by atoms with van der Waals surface area (Å²) < 4.78 is 0. The molecule has 0 spiro atoms. The number of unbranched alkanes of at least 4 members (excludes halogenated alkanes) is 1. The topological polar surface area (TPSA) is 28.2 Å². The highest BCUT2D eigenvalue weighted by Crippen LogP contribution is 2.15. The van der Waals surface area contributed by atoms with Crippen molar-refractivity contribution < 1.29 is 0 Å². The number of anilines is 1. The first-order valence-corrected chi connectivity index (χ1v) is 7.26. The summed E-state index contributed by atoms with van der Waals surface area (Å²) in [5.41, 5.74) is 2.54. The Morgan fingerprint density at radius 3 is 2.47 bits per heavy atom. The van der Waals surface area contributed by atoms with Gasteiger partial charge in [0, 0.05) is 31.4 Å². The van der Waals surface area contributed by atoms with Gasteiger partial charge < -0.3 is 10.2 Å². The molecule has 0 aliphatic rings. The lowest BCUT2D eigenvalue weighted by molar-refractivity contribution is 0.423. The maximum Gasteiger partial charge on any atom is 0.128 e. The minimum Gasteiger partial charge on any atom is -0.360 e. The van der Waals surface area contributed by atoms with Crippen LogP contribution in [0.15, 0.2) is 12.1 Å². The van der Waals surface area contributed by atoms with Gasteiger partial charge in [0.05, 0.1) is 0 Å². The van der Waals surface area contributed by atoms with Crippen molar-refractivity contribution in [3.63, 3.8) is 0 Å². The van der Waals surface area contributed by atoms with Gasteiger partial charge in [0.2, 0.25) is 0 Å². The van der Waals surface area contributed by atoms with E-state index in [1.165, 1.54) is 18.4 Å². The van der Waals surface area contributed by atoms with E-state index < -0.39 is 0 Å². The van der Waals surface area contributed by atoms with Crippen LogP contribution in [0.2, 0.25) is 0 Å². The van der Waals surface area contributed by atoms with Crippen LogP contribution >= 0.6 is 0 Å². The second kappa shape index (κ2) is 6.90. The second-order valence-corrected chi connectivity index (χ2v) is 6.29. The minimum absolute atomic E-state index is 0.142. The number of aromatic nitrogens is 1. The van der Waals surface area contributed by atoms with Crippen molar-refractivity contribution in [2.75, 3.05) is 18.5 Å². The third-order valence-electron chi connectivity index (χ3n) is 3.23. The summed E-state index contributed by atoms with van der Waals surface area (Å²) in [6.45, 7) is 12.8. The fourth-order valence-corrected chi connectivity index (χ4v) is 1.85. The van der Waals surface area contributed by atoms with Crippen LogP contribution in [0.3, 0.4) is 0 Å². The molecular weight excluding hydrogens is 234 g/mol. The SMILES string of the molecule is CCCCN(C)c1ccc(CNC(C)(C)C)c(C)n1. The minimum atomic E-state index is 0.142. The number of hydrogen-bond donors (Lipinski definition) is 1. The first-order valence-electron chi connectivity index (χ1n) is 7.26. The summed E-state index contributed by atoms with van der Waals surface area (Å²) in [5.74, 6) is 1.07. The maximum absolute atomic E-state index is 4.71. The summed E-state index contributed by atoms with van der Waals surface area (Å²) in [6.07, 6.45) is 2.43. The van der Waals surface area contributed by atoms with Gasteiger partial charge in [0.15, 0.2) is 0 Å². The molecule has 0 fully saturated rings. The standard InChI is InChI=1S/C16H29N3/c1-7-8-11-19(6)15-10-9-14(13(2)18-15)12-17-16(3,4)5/h9-10,17H,7-8,11-12H2,1-6H3. The highest BCUT2D eigenvalue weighted by molar-refractivity contribution is 5.40. The van der Waals surface area contributed by atoms with Gasteiger partial charge in [-0.15, -0.1) is 0 Å². The molecule has 0 radical (unpaired) electrons. The van der Waals surface area contributed by atoms with E-state index in [-0.39, 0.29) is 5.54 Å². The molecule has 0 saturated heterocycles. The molecule has 0 bridgehead atoms. The molecule has 0 atom stereocenters. The molecule has 0 aliphatic heterocycles. The van der Waals surface area contributed by atoms with Crippen molar-refractivity contribution in [3.8, 4) is 0 Å². The first kappa shape index (κ1) is 16.0. The van der Waals surface area contributed by atoms with E-state index in [4.69, 9.17) is 4.98 Å². The van der Waals surface area contributed by atoms with Gasteiger partial charge in [-0.1, -0.05) is 19.4 Å². The van der Waals surface area contributed by atoms with Crippen molar-refractivity contribution >= 4 is 5.82 Å². The van der Waals surface area contributed by atoms with Crippen molar-refractivity contribution in [2.24, 2.45) is 0 Å². The zero-order chi connectivity index (χ0) is 14.5. The largest absolute Gasteiger partial charge is 0.360 e. The van der Waals surface area contributed by atoms with E-state index in [9.17, 15) is 0 Å². The zero-order valence-electron chi connectivity index (χ0n) is 13.4. The molecule has 3 heteroatoms. The van der Waals surface area contributed by atoms with Crippen molar-refractivity contribution in [1.82, 2.24) is 10.3 Å². The van der Waals surface area contributed by atoms with Crippen LogP contribution < -0.4 is 10.2 Å². The molecule has 1 heterocycles. The predicted molar refractivity (Wildman–Crippen MR) is 83.7 cm³/mol. The van der Waals surface area contributed by atoms with Gasteiger partial charge in [-0.05, 0) is 45.7 Å². The van der Waals surface area contributed by atoms with Crippen LogP contribution in [0.1, 0.15) is 51.8 Å². The number of pyridine rings is 1. The van der Waals surface area contributed by atoms with Crippen LogP contribution in [0.5, 0.6) is 0 Å². The van der Waals surface area contributed by atoms with E-state index in [2.05, 4.69) is 64.0 Å². The van der Waals surface area contributed by atoms with Gasteiger partial charge in [-0.25, -0.2) is 4.98 Å². The lowest BCUT2D eigenvalue weighted by Gasteiger charge is -2.22. The fourth-order valence-electron chi connectivity index (χ4n) is 1.85. The summed E-state index contributed by atoms with van der Waals surface area (Å²) in [4.78, 5) is 6.95. The molecule has 1 rings (SSSR count). The van der Waals surface area contributed by atoms with E-state index in [1.54, 1.807) is 0 Å². The lowest BCUT2D eigenvalue weighted by atomic mass is 10.1. The second-order valence-electron chi connectivity index (χ2n) is 6.29. The Kier molecular flexibility index (Phi) is 5.80. The normalized spacial score (nSPS) is 11.7. The molecule has 19 heavy (non-hydrogen) atoms. The Labute approximate surface area is 118 Å². The maximum atomic E-state index is 4.71. The lowest BCUT2D eigenvalue weighted by Crippen LogP contribution is -2.35. The van der Waals surface area contributed by atoms with Crippen LogP contribution in [-0.2, 0) is 6.54 Å². The number of rotatable bonds is 6. The smallest absolute Gasteiger partial charge is 0.128 e. The highest BCUT2D eigenvalue weighted by Gasteiger charge is 2.10. The fraction of sp³-hybridized carbons (Fsp3) is 0.688. The molecule has 1 aromatic heterocycles. The molecule has 0 aromatic carbocycles. The number of hydrogen-bond acceptors (Lipinski definition) is 3. The molecule has 0 saturated carbocycles. The average molecular weight is 263 g/mol. The van der Waals surface area contributed by atoms with E-state index in [0.29, 0.717) is 0 Å². The van der Waals surface area contributed by atoms with Gasteiger partial charge in [-0.3, -0.25) is 0 Å². The third kappa shape index (κ3) is 5.60. The molecule has 0 aliphatic carbocycles. The first-order chi connectivity index (χ1) is 8.83. The monoisotopic (exact) mass is 263 g/mol. The van der Waals surface area contributed by atoms with Gasteiger partial charge in [0.25, 0.3) is 0 Å². The van der Waals surface area contributed by atoms with Crippen LogP contribution in [-0.4, -0.2) is 24.1 Å². The predicted octanol–water partition coefficient (Wildman–Crippen LogP) is 3.51. The van der Waals surface area contributed by atoms with Gasteiger partial charge in [-0.2, -0.15) is 0 Å². The van der Waals surface area contributed by atoms with Crippen molar-refractivity contribution in [2.45, 2.75) is 59.5 Å². The molecule has 1 aromatic rings. The Morgan fingerprint density at radius 1 is 1.26 bits per heavy atom. The molecule has 0 amide bonds. The molecular formula is C16H29N3. The zero-order valence-corrected chi connectivity index (χ0v) is 13.4. The quantitative estimate of drug-likeness (QED) is 0.851. The average Bonchev–Trinajstić information content (AvgIpc) is 2.33. The highest BCUT2D eigenvalue weighted by atomic mass is 15.2. The van der Waals surface area contributed by atoms with Gasteiger partial charge >= 0.3 is 0 Å². The van der Waals surface area contributed by atoms with E-state index in [1.807, 2.05) is 0 Å². The van der Waals surface area contributed by atoms with E-state index in [0.717, 1.165) is 24.6 Å². The Morgan fingerprint density at radius 2 is 1.95 bits per heavy atom. The van der Waals surface area contributed by atoms with Crippen molar-refractivity contribution in [1.29, 1.82) is 0 Å². The number of nitrogens with zero attached hydrogens (tertiary/aromatic N) is 2. The van der Waals surface area contributed by atoms with Gasteiger partial charge in [0.1, 0.15) is 5.82 Å². The van der Waals surface area contributed by atoms with Crippen LogP contribution in [0.25, 0.3) is 0 Å². The summed E-state index contributed by atoms with van der Waals surface area (Å²) in [5, 5.41) is 3.51. The Bertz CT molecular complexity index is 393. The van der Waals surface area contributed by atoms with Crippen LogP contribution in [0, 0.1) is 6.92 Å². The Balaban J connectivity index is 2.69. The number of nitrogens with one attached hydrogen (secondary N) is 1. The summed E-state index contributed by atoms with van der Waals surface area (Å²) >= 11 is 0. The van der Waals surface area contributed by atoms with Crippen LogP contribution in [0.4, 0.5) is 5.82 Å². The number of aryl methyl sites for hydroxylation is 1.